The van der Waals surface area contributed by atoms with Gasteiger partial charge in [0, 0.05) is 17.3 Å². The van der Waals surface area contributed by atoms with Crippen molar-refractivity contribution in [1.29, 1.82) is 0 Å². The number of rotatable bonds is 4. The van der Waals surface area contributed by atoms with Crippen LogP contribution in [0.1, 0.15) is 36.0 Å². The number of benzene rings is 1. The molecule has 0 spiro atoms. The average Bonchev–Trinajstić information content (AvgIpc) is 3.09. The van der Waals surface area contributed by atoms with E-state index in [9.17, 15) is 0 Å². The van der Waals surface area contributed by atoms with Crippen LogP contribution in [0.25, 0.3) is 11.1 Å². The predicted octanol–water partition coefficient (Wildman–Crippen LogP) is 3.35. The van der Waals surface area contributed by atoms with Crippen molar-refractivity contribution in [1.82, 2.24) is 15.0 Å². The summed E-state index contributed by atoms with van der Waals surface area (Å²) in [6.45, 7) is 2.72. The maximum absolute atomic E-state index is 5.76. The van der Waals surface area contributed by atoms with Gasteiger partial charge in [0.15, 0.2) is 11.5 Å². The molecule has 5 heteroatoms. The zero-order valence-corrected chi connectivity index (χ0v) is 11.3. The highest BCUT2D eigenvalue weighted by Crippen LogP contribution is 2.40. The number of hydrogen-bond donors (Lipinski definition) is 2. The van der Waals surface area contributed by atoms with E-state index in [2.05, 4.69) is 20.3 Å². The van der Waals surface area contributed by atoms with Crippen molar-refractivity contribution >= 4 is 16.8 Å². The minimum Gasteiger partial charge on any atom is -0.440 e. The highest BCUT2D eigenvalue weighted by Gasteiger charge is 2.28. The van der Waals surface area contributed by atoms with E-state index in [1.165, 1.54) is 12.8 Å². The Hall–Kier alpha value is -2.30. The largest absolute Gasteiger partial charge is 0.440 e. The summed E-state index contributed by atoms with van der Waals surface area (Å²) in [5, 5.41) is 3.37. The number of aryl methyl sites for hydroxylation is 1. The first-order chi connectivity index (χ1) is 9.79. The van der Waals surface area contributed by atoms with Crippen LogP contribution in [0.4, 0.5) is 5.69 Å². The number of fused-ring (bicyclic) bond motifs is 1. The molecule has 102 valence electrons. The van der Waals surface area contributed by atoms with Crippen molar-refractivity contribution < 1.29 is 4.42 Å². The molecule has 1 aromatic carbocycles. The minimum absolute atomic E-state index is 0.547. The Morgan fingerprint density at radius 2 is 2.30 bits per heavy atom. The van der Waals surface area contributed by atoms with Gasteiger partial charge in [0.1, 0.15) is 5.52 Å². The zero-order chi connectivity index (χ0) is 13.5. The fourth-order valence-electron chi connectivity index (χ4n) is 2.31. The summed E-state index contributed by atoms with van der Waals surface area (Å²) in [4.78, 5) is 11.9. The molecule has 20 heavy (non-hydrogen) atoms. The van der Waals surface area contributed by atoms with E-state index in [1.807, 2.05) is 25.1 Å². The lowest BCUT2D eigenvalue weighted by molar-refractivity contribution is 0.533. The number of aromatic nitrogens is 3. The zero-order valence-electron chi connectivity index (χ0n) is 11.3. The lowest BCUT2D eigenvalue weighted by atomic mass is 10.2. The molecule has 1 aliphatic rings. The Bertz CT molecular complexity index is 754. The average molecular weight is 268 g/mol. The number of aromatic amines is 1. The van der Waals surface area contributed by atoms with E-state index in [-0.39, 0.29) is 0 Å². The number of nitrogens with zero attached hydrogens (tertiary/aromatic N) is 2. The smallest absolute Gasteiger partial charge is 0.198 e. The maximum atomic E-state index is 5.76. The fourth-order valence-corrected chi connectivity index (χ4v) is 2.31. The van der Waals surface area contributed by atoms with Gasteiger partial charge < -0.3 is 14.7 Å². The number of imidazole rings is 1. The molecule has 0 bridgehead atoms. The topological polar surface area (TPSA) is 66.7 Å². The maximum Gasteiger partial charge on any atom is 0.198 e. The van der Waals surface area contributed by atoms with Gasteiger partial charge in [-0.25, -0.2) is 9.97 Å². The molecule has 1 aliphatic carbocycles. The molecule has 4 rings (SSSR count). The summed E-state index contributed by atoms with van der Waals surface area (Å²) in [5.41, 5.74) is 4.96. The summed E-state index contributed by atoms with van der Waals surface area (Å²) in [6, 6.07) is 6.03. The van der Waals surface area contributed by atoms with Crippen LogP contribution in [0.5, 0.6) is 0 Å². The lowest BCUT2D eigenvalue weighted by Gasteiger charge is -2.04. The number of H-pyrrole nitrogens is 1. The molecule has 0 amide bonds. The summed E-state index contributed by atoms with van der Waals surface area (Å²) < 4.78 is 5.76. The monoisotopic (exact) mass is 268 g/mol. The van der Waals surface area contributed by atoms with Crippen LogP contribution in [-0.2, 0) is 6.54 Å². The molecule has 1 saturated carbocycles. The van der Waals surface area contributed by atoms with Gasteiger partial charge in [0.25, 0.3) is 0 Å². The Balaban J connectivity index is 1.55. The molecule has 2 N–H and O–H groups in total. The second-order valence-corrected chi connectivity index (χ2v) is 5.34. The summed E-state index contributed by atoms with van der Waals surface area (Å²) in [5.74, 6) is 1.44. The SMILES string of the molecule is Cc1[nH]cnc1CNc1ccc2oc(C3CC3)nc2c1. The molecule has 2 heterocycles. The van der Waals surface area contributed by atoms with Crippen LogP contribution in [0.2, 0.25) is 0 Å². The van der Waals surface area contributed by atoms with Crippen LogP contribution in [-0.4, -0.2) is 15.0 Å². The molecule has 3 aromatic rings. The molecule has 0 saturated heterocycles. The van der Waals surface area contributed by atoms with Crippen molar-refractivity contribution in [2.75, 3.05) is 5.32 Å². The first-order valence-electron chi connectivity index (χ1n) is 6.93. The van der Waals surface area contributed by atoms with E-state index in [0.29, 0.717) is 12.5 Å². The minimum atomic E-state index is 0.547. The highest BCUT2D eigenvalue weighted by molar-refractivity contribution is 5.77. The molecule has 1 fully saturated rings. The molecule has 0 radical (unpaired) electrons. The molecular formula is C15H16N4O. The van der Waals surface area contributed by atoms with Gasteiger partial charge in [-0.1, -0.05) is 0 Å². The number of hydrogen-bond acceptors (Lipinski definition) is 4. The van der Waals surface area contributed by atoms with Gasteiger partial charge in [-0.15, -0.1) is 0 Å². The third-order valence-corrected chi connectivity index (χ3v) is 3.72. The normalized spacial score (nSPS) is 14.8. The molecule has 0 aliphatic heterocycles. The van der Waals surface area contributed by atoms with E-state index < -0.39 is 0 Å². The van der Waals surface area contributed by atoms with E-state index in [1.54, 1.807) is 6.33 Å². The lowest BCUT2D eigenvalue weighted by Crippen LogP contribution is -2.01. The molecule has 0 atom stereocenters. The Morgan fingerprint density at radius 1 is 1.40 bits per heavy atom. The van der Waals surface area contributed by atoms with Crippen molar-refractivity contribution in [2.24, 2.45) is 0 Å². The Morgan fingerprint density at radius 3 is 3.05 bits per heavy atom. The third kappa shape index (κ3) is 2.05. The van der Waals surface area contributed by atoms with E-state index in [0.717, 1.165) is 34.1 Å². The van der Waals surface area contributed by atoms with Crippen LogP contribution in [0.15, 0.2) is 28.9 Å². The Labute approximate surface area is 116 Å². The van der Waals surface area contributed by atoms with E-state index >= 15 is 0 Å². The first kappa shape index (κ1) is 11.5. The van der Waals surface area contributed by atoms with Crippen molar-refractivity contribution in [3.63, 3.8) is 0 Å². The van der Waals surface area contributed by atoms with Gasteiger partial charge in [-0.05, 0) is 38.0 Å². The standard InChI is InChI=1S/C15H16N4O/c1-9-13(18-8-17-9)7-16-11-4-5-14-12(6-11)19-15(20-14)10-2-3-10/h4-6,8,10,16H,2-3,7H2,1H3,(H,17,18). The van der Waals surface area contributed by atoms with Crippen LogP contribution in [0, 0.1) is 6.92 Å². The van der Waals surface area contributed by atoms with Gasteiger partial charge in [0.2, 0.25) is 0 Å². The fraction of sp³-hybridized carbons (Fsp3) is 0.333. The highest BCUT2D eigenvalue weighted by atomic mass is 16.3. The predicted molar refractivity (Wildman–Crippen MR) is 76.6 cm³/mol. The van der Waals surface area contributed by atoms with Crippen LogP contribution >= 0.6 is 0 Å². The van der Waals surface area contributed by atoms with Crippen molar-refractivity contribution in [3.8, 4) is 0 Å². The molecule has 5 nitrogen and oxygen atoms in total. The van der Waals surface area contributed by atoms with Crippen LogP contribution < -0.4 is 5.32 Å². The van der Waals surface area contributed by atoms with E-state index in [4.69, 9.17) is 4.42 Å². The third-order valence-electron chi connectivity index (χ3n) is 3.72. The first-order valence-corrected chi connectivity index (χ1v) is 6.93. The summed E-state index contributed by atoms with van der Waals surface area (Å²) in [7, 11) is 0. The van der Waals surface area contributed by atoms with Crippen LogP contribution in [0.3, 0.4) is 0 Å². The molecule has 2 aromatic heterocycles. The Kier molecular flexibility index (Phi) is 2.52. The summed E-state index contributed by atoms with van der Waals surface area (Å²) in [6.07, 6.45) is 4.13. The molecular weight excluding hydrogens is 252 g/mol. The van der Waals surface area contributed by atoms with Gasteiger partial charge in [-0.3, -0.25) is 0 Å². The quantitative estimate of drug-likeness (QED) is 0.761. The van der Waals surface area contributed by atoms with Crippen molar-refractivity contribution in [2.45, 2.75) is 32.2 Å². The second-order valence-electron chi connectivity index (χ2n) is 5.34. The number of oxazole rings is 1. The van der Waals surface area contributed by atoms with Gasteiger partial charge in [0.05, 0.1) is 18.6 Å². The van der Waals surface area contributed by atoms with Gasteiger partial charge in [-0.2, -0.15) is 0 Å². The van der Waals surface area contributed by atoms with Gasteiger partial charge >= 0.3 is 0 Å². The number of anilines is 1. The van der Waals surface area contributed by atoms with Crippen molar-refractivity contribution in [3.05, 3.63) is 41.8 Å². The second kappa shape index (κ2) is 4.37. The molecule has 0 unspecified atom stereocenters. The number of nitrogens with one attached hydrogen (secondary N) is 2. The summed E-state index contributed by atoms with van der Waals surface area (Å²) >= 11 is 0.